The van der Waals surface area contributed by atoms with Crippen molar-refractivity contribution in [2.75, 3.05) is 0 Å². The summed E-state index contributed by atoms with van der Waals surface area (Å²) in [5, 5.41) is 0. The number of fused-ring (bicyclic) bond motifs is 1. The van der Waals surface area contributed by atoms with Crippen LogP contribution in [0.4, 0.5) is 0 Å². The molecule has 0 fully saturated rings. The molecule has 4 heteroatoms. The highest BCUT2D eigenvalue weighted by Crippen LogP contribution is 2.41. The fourth-order valence-electron chi connectivity index (χ4n) is 3.32. The lowest BCUT2D eigenvalue weighted by Gasteiger charge is -2.34. The van der Waals surface area contributed by atoms with E-state index in [-0.39, 0.29) is 11.5 Å². The van der Waals surface area contributed by atoms with Crippen LogP contribution in [-0.4, -0.2) is 4.57 Å². The van der Waals surface area contributed by atoms with Crippen molar-refractivity contribution >= 4 is 22.9 Å². The molecule has 0 spiro atoms. The summed E-state index contributed by atoms with van der Waals surface area (Å²) in [5.74, 6) is 0. The molecule has 0 aromatic carbocycles. The van der Waals surface area contributed by atoms with Crippen molar-refractivity contribution in [1.29, 1.82) is 0 Å². The number of aromatic nitrogens is 1. The third kappa shape index (κ3) is 2.54. The fraction of sp³-hybridized carbons (Fsp3) is 0.500. The van der Waals surface area contributed by atoms with Crippen LogP contribution in [0.15, 0.2) is 18.2 Å². The van der Waals surface area contributed by atoms with Gasteiger partial charge in [0.15, 0.2) is 0 Å². The average Bonchev–Trinajstić information content (AvgIpc) is 2.86. The van der Waals surface area contributed by atoms with Crippen LogP contribution in [0.1, 0.15) is 48.1 Å². The lowest BCUT2D eigenvalue weighted by molar-refractivity contribution is 0.276. The highest BCUT2D eigenvalue weighted by atomic mass is 35.5. The number of thiophene rings is 1. The van der Waals surface area contributed by atoms with Crippen LogP contribution in [0.3, 0.4) is 0 Å². The summed E-state index contributed by atoms with van der Waals surface area (Å²) in [6.07, 6.45) is 2.16. The van der Waals surface area contributed by atoms with Gasteiger partial charge in [0.1, 0.15) is 0 Å². The maximum absolute atomic E-state index is 6.37. The standard InChI is InChI=1S/C16H21ClN2S/c1-10-6-12-13(18)7-16(2,3)8-14(12)19(10)9-11-4-5-15(17)20-11/h4-6,13H,7-9,18H2,1-3H3. The zero-order chi connectivity index (χ0) is 14.5. The Morgan fingerprint density at radius 1 is 1.45 bits per heavy atom. The number of nitrogens with zero attached hydrogens (tertiary/aromatic N) is 1. The first-order valence-electron chi connectivity index (χ1n) is 7.04. The van der Waals surface area contributed by atoms with Gasteiger partial charge < -0.3 is 10.3 Å². The number of hydrogen-bond acceptors (Lipinski definition) is 2. The zero-order valence-electron chi connectivity index (χ0n) is 12.2. The van der Waals surface area contributed by atoms with Crippen LogP contribution in [0.2, 0.25) is 4.34 Å². The van der Waals surface area contributed by atoms with Gasteiger partial charge in [-0.3, -0.25) is 0 Å². The highest BCUT2D eigenvalue weighted by molar-refractivity contribution is 7.16. The number of hydrogen-bond donors (Lipinski definition) is 1. The van der Waals surface area contributed by atoms with Gasteiger partial charge >= 0.3 is 0 Å². The molecule has 2 N–H and O–H groups in total. The molecule has 1 aliphatic rings. The van der Waals surface area contributed by atoms with E-state index in [1.165, 1.54) is 21.8 Å². The second-order valence-electron chi connectivity index (χ2n) is 6.63. The minimum absolute atomic E-state index is 0.167. The number of aryl methyl sites for hydroxylation is 1. The van der Waals surface area contributed by atoms with Gasteiger partial charge in [0.05, 0.1) is 10.9 Å². The first kappa shape index (κ1) is 14.2. The lowest BCUT2D eigenvalue weighted by Crippen LogP contribution is -2.30. The average molecular weight is 309 g/mol. The minimum atomic E-state index is 0.167. The van der Waals surface area contributed by atoms with Crippen LogP contribution in [0, 0.1) is 12.3 Å². The van der Waals surface area contributed by atoms with Crippen LogP contribution in [-0.2, 0) is 13.0 Å². The molecule has 108 valence electrons. The van der Waals surface area contributed by atoms with Gasteiger partial charge in [-0.25, -0.2) is 0 Å². The topological polar surface area (TPSA) is 30.9 Å². The van der Waals surface area contributed by atoms with Crippen molar-refractivity contribution in [3.8, 4) is 0 Å². The first-order chi connectivity index (χ1) is 9.35. The third-order valence-corrected chi connectivity index (χ3v) is 5.43. The Kier molecular flexibility index (Phi) is 3.47. The molecule has 0 radical (unpaired) electrons. The maximum atomic E-state index is 6.37. The minimum Gasteiger partial charge on any atom is -0.343 e. The molecule has 2 aromatic rings. The highest BCUT2D eigenvalue weighted by Gasteiger charge is 2.33. The monoisotopic (exact) mass is 308 g/mol. The van der Waals surface area contributed by atoms with Gasteiger partial charge in [-0.15, -0.1) is 11.3 Å². The smallest absolute Gasteiger partial charge is 0.0931 e. The van der Waals surface area contributed by atoms with Gasteiger partial charge in [0, 0.05) is 22.3 Å². The molecule has 20 heavy (non-hydrogen) atoms. The van der Waals surface area contributed by atoms with E-state index in [1.807, 2.05) is 6.07 Å². The van der Waals surface area contributed by atoms with Crippen LogP contribution < -0.4 is 5.73 Å². The Labute approximate surface area is 129 Å². The van der Waals surface area contributed by atoms with Gasteiger partial charge in [-0.2, -0.15) is 0 Å². The predicted molar refractivity (Wildman–Crippen MR) is 86.6 cm³/mol. The Morgan fingerprint density at radius 2 is 2.20 bits per heavy atom. The van der Waals surface area contributed by atoms with Gasteiger partial charge in [0.25, 0.3) is 0 Å². The first-order valence-corrected chi connectivity index (χ1v) is 8.24. The normalized spacial score (nSPS) is 20.9. The summed E-state index contributed by atoms with van der Waals surface area (Å²) in [5.41, 5.74) is 10.7. The van der Waals surface area contributed by atoms with E-state index in [4.69, 9.17) is 17.3 Å². The van der Waals surface area contributed by atoms with Crippen LogP contribution in [0.5, 0.6) is 0 Å². The summed E-state index contributed by atoms with van der Waals surface area (Å²) < 4.78 is 3.27. The van der Waals surface area contributed by atoms with Crippen LogP contribution >= 0.6 is 22.9 Å². The van der Waals surface area contributed by atoms with E-state index in [0.717, 1.165) is 23.7 Å². The molecule has 1 unspecified atom stereocenters. The van der Waals surface area contributed by atoms with E-state index in [9.17, 15) is 0 Å². The van der Waals surface area contributed by atoms with E-state index < -0.39 is 0 Å². The summed E-state index contributed by atoms with van der Waals surface area (Å²) in [4.78, 5) is 1.30. The van der Waals surface area contributed by atoms with E-state index in [0.29, 0.717) is 0 Å². The van der Waals surface area contributed by atoms with Crippen molar-refractivity contribution in [2.24, 2.45) is 11.1 Å². The molecule has 0 saturated carbocycles. The second-order valence-corrected chi connectivity index (χ2v) is 8.43. The van der Waals surface area contributed by atoms with E-state index in [2.05, 4.69) is 37.5 Å². The molecular formula is C16H21ClN2S. The molecule has 0 bridgehead atoms. The molecule has 2 aromatic heterocycles. The molecule has 0 aliphatic heterocycles. The fourth-order valence-corrected chi connectivity index (χ4v) is 4.39. The SMILES string of the molecule is Cc1cc2c(n1Cc1ccc(Cl)s1)CC(C)(C)CC2N. The van der Waals surface area contributed by atoms with Gasteiger partial charge in [-0.05, 0) is 48.9 Å². The van der Waals surface area contributed by atoms with Crippen molar-refractivity contribution < 1.29 is 0 Å². The Balaban J connectivity index is 2.00. The number of halogens is 1. The summed E-state index contributed by atoms with van der Waals surface area (Å²) >= 11 is 7.70. The van der Waals surface area contributed by atoms with E-state index in [1.54, 1.807) is 11.3 Å². The molecule has 2 nitrogen and oxygen atoms in total. The zero-order valence-corrected chi connectivity index (χ0v) is 13.8. The second kappa shape index (κ2) is 4.90. The van der Waals surface area contributed by atoms with Crippen molar-refractivity contribution in [3.05, 3.63) is 44.4 Å². The number of rotatable bonds is 2. The molecular weight excluding hydrogens is 288 g/mol. The molecule has 1 aliphatic carbocycles. The quantitative estimate of drug-likeness (QED) is 0.868. The molecule has 1 atom stereocenters. The van der Waals surface area contributed by atoms with E-state index >= 15 is 0 Å². The lowest BCUT2D eigenvalue weighted by atomic mass is 9.74. The van der Waals surface area contributed by atoms with Crippen molar-refractivity contribution in [1.82, 2.24) is 4.57 Å². The summed E-state index contributed by atoms with van der Waals surface area (Å²) in [7, 11) is 0. The van der Waals surface area contributed by atoms with Gasteiger partial charge in [-0.1, -0.05) is 25.4 Å². The third-order valence-electron chi connectivity index (χ3n) is 4.21. The van der Waals surface area contributed by atoms with Crippen molar-refractivity contribution in [3.63, 3.8) is 0 Å². The molecule has 2 heterocycles. The molecule has 0 saturated heterocycles. The largest absolute Gasteiger partial charge is 0.343 e. The predicted octanol–water partition coefficient (Wildman–Crippen LogP) is 4.53. The number of nitrogens with two attached hydrogens (primary N) is 1. The van der Waals surface area contributed by atoms with Crippen molar-refractivity contribution in [2.45, 2.75) is 46.2 Å². The van der Waals surface area contributed by atoms with Crippen LogP contribution in [0.25, 0.3) is 0 Å². The maximum Gasteiger partial charge on any atom is 0.0931 e. The Bertz CT molecular complexity index is 639. The summed E-state index contributed by atoms with van der Waals surface area (Å²) in [6.45, 7) is 7.70. The molecule has 0 amide bonds. The molecule has 3 rings (SSSR count). The summed E-state index contributed by atoms with van der Waals surface area (Å²) in [6, 6.07) is 6.53. The Hall–Kier alpha value is -0.770. The van der Waals surface area contributed by atoms with Gasteiger partial charge in [0.2, 0.25) is 0 Å². The Morgan fingerprint density at radius 3 is 2.85 bits per heavy atom.